The summed E-state index contributed by atoms with van der Waals surface area (Å²) in [5.41, 5.74) is 3.45. The standard InChI is InChI=1S/C11H12N2S/c1-2-9-10(13-11(14)12-9)8-6-4-3-5-7-8/h3-7H,2H2,1H3,(H2,12,13,14). The van der Waals surface area contributed by atoms with E-state index in [4.69, 9.17) is 12.2 Å². The summed E-state index contributed by atoms with van der Waals surface area (Å²) in [5, 5.41) is 0. The molecule has 0 radical (unpaired) electrons. The van der Waals surface area contributed by atoms with Crippen molar-refractivity contribution >= 4 is 12.2 Å². The summed E-state index contributed by atoms with van der Waals surface area (Å²) in [6.45, 7) is 2.11. The topological polar surface area (TPSA) is 31.6 Å². The average molecular weight is 204 g/mol. The second-order valence-corrected chi connectivity index (χ2v) is 3.56. The highest BCUT2D eigenvalue weighted by molar-refractivity contribution is 7.71. The molecule has 3 heteroatoms. The third kappa shape index (κ3) is 1.63. The van der Waals surface area contributed by atoms with Crippen molar-refractivity contribution in [3.05, 3.63) is 40.8 Å². The maximum atomic E-state index is 5.08. The average Bonchev–Trinajstić information content (AvgIpc) is 2.61. The smallest absolute Gasteiger partial charge is 0.175 e. The first-order valence-corrected chi connectivity index (χ1v) is 5.08. The number of nitrogens with one attached hydrogen (secondary N) is 2. The van der Waals surface area contributed by atoms with E-state index in [-0.39, 0.29) is 0 Å². The lowest BCUT2D eigenvalue weighted by Gasteiger charge is -1.99. The van der Waals surface area contributed by atoms with E-state index in [1.807, 2.05) is 18.2 Å². The van der Waals surface area contributed by atoms with Crippen molar-refractivity contribution in [1.29, 1.82) is 0 Å². The Hall–Kier alpha value is -1.35. The molecule has 14 heavy (non-hydrogen) atoms. The molecule has 1 heterocycles. The van der Waals surface area contributed by atoms with Crippen LogP contribution in [0.25, 0.3) is 11.3 Å². The van der Waals surface area contributed by atoms with E-state index in [0.29, 0.717) is 4.77 Å². The number of rotatable bonds is 2. The van der Waals surface area contributed by atoms with Crippen LogP contribution in [0.3, 0.4) is 0 Å². The Morgan fingerprint density at radius 2 is 1.86 bits per heavy atom. The highest BCUT2D eigenvalue weighted by atomic mass is 32.1. The zero-order valence-electron chi connectivity index (χ0n) is 8.00. The van der Waals surface area contributed by atoms with Gasteiger partial charge in [-0.15, -0.1) is 0 Å². The van der Waals surface area contributed by atoms with Crippen molar-refractivity contribution in [2.24, 2.45) is 0 Å². The van der Waals surface area contributed by atoms with Crippen molar-refractivity contribution in [2.45, 2.75) is 13.3 Å². The molecule has 0 aliphatic carbocycles. The number of hydrogen-bond acceptors (Lipinski definition) is 1. The van der Waals surface area contributed by atoms with E-state index < -0.39 is 0 Å². The van der Waals surface area contributed by atoms with Crippen molar-refractivity contribution in [1.82, 2.24) is 9.97 Å². The van der Waals surface area contributed by atoms with Gasteiger partial charge in [-0.2, -0.15) is 0 Å². The van der Waals surface area contributed by atoms with Crippen LogP contribution in [0.4, 0.5) is 0 Å². The molecular weight excluding hydrogens is 192 g/mol. The van der Waals surface area contributed by atoms with Crippen LogP contribution in [0.15, 0.2) is 30.3 Å². The van der Waals surface area contributed by atoms with Crippen molar-refractivity contribution in [2.75, 3.05) is 0 Å². The maximum Gasteiger partial charge on any atom is 0.175 e. The largest absolute Gasteiger partial charge is 0.334 e. The van der Waals surface area contributed by atoms with Crippen LogP contribution in [-0.2, 0) is 6.42 Å². The number of aromatic amines is 2. The van der Waals surface area contributed by atoms with Crippen LogP contribution in [0.2, 0.25) is 0 Å². The van der Waals surface area contributed by atoms with Crippen molar-refractivity contribution in [3.8, 4) is 11.3 Å². The monoisotopic (exact) mass is 204 g/mol. The van der Waals surface area contributed by atoms with E-state index in [9.17, 15) is 0 Å². The molecule has 1 aromatic heterocycles. The Labute approximate surface area is 88.0 Å². The molecule has 0 spiro atoms. The van der Waals surface area contributed by atoms with Gasteiger partial charge >= 0.3 is 0 Å². The highest BCUT2D eigenvalue weighted by Gasteiger charge is 2.04. The molecule has 0 atom stereocenters. The van der Waals surface area contributed by atoms with Gasteiger partial charge < -0.3 is 9.97 Å². The van der Waals surface area contributed by atoms with Crippen LogP contribution in [0.1, 0.15) is 12.6 Å². The normalized spacial score (nSPS) is 10.4. The van der Waals surface area contributed by atoms with Gasteiger partial charge in [0.05, 0.1) is 5.69 Å². The first-order valence-electron chi connectivity index (χ1n) is 4.68. The molecular formula is C11H12N2S. The molecule has 0 saturated carbocycles. The number of aromatic nitrogens is 2. The lowest BCUT2D eigenvalue weighted by atomic mass is 10.1. The third-order valence-corrected chi connectivity index (χ3v) is 2.42. The molecule has 0 aliphatic heterocycles. The van der Waals surface area contributed by atoms with Gasteiger partial charge in [0.25, 0.3) is 0 Å². The van der Waals surface area contributed by atoms with Gasteiger partial charge in [0, 0.05) is 5.69 Å². The summed E-state index contributed by atoms with van der Waals surface area (Å²) in [6, 6.07) is 10.2. The van der Waals surface area contributed by atoms with Gasteiger partial charge in [-0.3, -0.25) is 0 Å². The van der Waals surface area contributed by atoms with E-state index in [1.165, 1.54) is 11.3 Å². The molecule has 0 fully saturated rings. The van der Waals surface area contributed by atoms with Gasteiger partial charge in [0.1, 0.15) is 0 Å². The molecule has 0 amide bonds. The van der Waals surface area contributed by atoms with Crippen LogP contribution < -0.4 is 0 Å². The molecule has 2 N–H and O–H groups in total. The number of imidazole rings is 1. The summed E-state index contributed by atoms with van der Waals surface area (Å²) < 4.78 is 0.695. The Morgan fingerprint density at radius 1 is 1.14 bits per heavy atom. The van der Waals surface area contributed by atoms with Gasteiger partial charge in [-0.1, -0.05) is 37.3 Å². The number of aryl methyl sites for hydroxylation is 1. The van der Waals surface area contributed by atoms with Crippen molar-refractivity contribution < 1.29 is 0 Å². The minimum Gasteiger partial charge on any atom is -0.334 e. The predicted octanol–water partition coefficient (Wildman–Crippen LogP) is 3.30. The summed E-state index contributed by atoms with van der Waals surface area (Å²) in [4.78, 5) is 6.32. The number of hydrogen-bond donors (Lipinski definition) is 2. The molecule has 0 saturated heterocycles. The summed E-state index contributed by atoms with van der Waals surface area (Å²) >= 11 is 5.08. The molecule has 0 aliphatic rings. The molecule has 72 valence electrons. The molecule has 0 bridgehead atoms. The van der Waals surface area contributed by atoms with Crippen molar-refractivity contribution in [3.63, 3.8) is 0 Å². The first-order chi connectivity index (χ1) is 6.81. The van der Waals surface area contributed by atoms with Crippen LogP contribution in [0.5, 0.6) is 0 Å². The second-order valence-electron chi connectivity index (χ2n) is 3.15. The van der Waals surface area contributed by atoms with E-state index >= 15 is 0 Å². The minimum atomic E-state index is 0.695. The van der Waals surface area contributed by atoms with E-state index in [2.05, 4.69) is 29.0 Å². The molecule has 2 aromatic rings. The fraction of sp³-hybridized carbons (Fsp3) is 0.182. The van der Waals surface area contributed by atoms with Crippen LogP contribution >= 0.6 is 12.2 Å². The van der Waals surface area contributed by atoms with E-state index in [1.54, 1.807) is 0 Å². The van der Waals surface area contributed by atoms with Crippen LogP contribution in [0, 0.1) is 4.77 Å². The lowest BCUT2D eigenvalue weighted by molar-refractivity contribution is 1.06. The Kier molecular flexibility index (Phi) is 2.50. The van der Waals surface area contributed by atoms with Gasteiger partial charge in [0.2, 0.25) is 0 Å². The fourth-order valence-corrected chi connectivity index (χ4v) is 1.76. The quantitative estimate of drug-likeness (QED) is 0.723. The lowest BCUT2D eigenvalue weighted by Crippen LogP contribution is -1.84. The maximum absolute atomic E-state index is 5.08. The minimum absolute atomic E-state index is 0.695. The second kappa shape index (κ2) is 3.80. The summed E-state index contributed by atoms with van der Waals surface area (Å²) in [5.74, 6) is 0. The molecule has 2 rings (SSSR count). The summed E-state index contributed by atoms with van der Waals surface area (Å²) in [6.07, 6.45) is 0.956. The van der Waals surface area contributed by atoms with Gasteiger partial charge in [-0.05, 0) is 24.2 Å². The Morgan fingerprint density at radius 3 is 2.50 bits per heavy atom. The molecule has 1 aromatic carbocycles. The van der Waals surface area contributed by atoms with Gasteiger partial charge in [-0.25, -0.2) is 0 Å². The zero-order chi connectivity index (χ0) is 9.97. The fourth-order valence-electron chi connectivity index (χ4n) is 1.54. The number of H-pyrrole nitrogens is 2. The Bertz CT molecular complexity index is 468. The van der Waals surface area contributed by atoms with E-state index in [0.717, 1.165) is 12.1 Å². The predicted molar refractivity (Wildman–Crippen MR) is 60.8 cm³/mol. The molecule has 2 nitrogen and oxygen atoms in total. The number of benzene rings is 1. The van der Waals surface area contributed by atoms with Crippen LogP contribution in [-0.4, -0.2) is 9.97 Å². The highest BCUT2D eigenvalue weighted by Crippen LogP contribution is 2.20. The zero-order valence-corrected chi connectivity index (χ0v) is 8.82. The first kappa shape index (κ1) is 9.21. The van der Waals surface area contributed by atoms with Gasteiger partial charge in [0.15, 0.2) is 4.77 Å². The summed E-state index contributed by atoms with van der Waals surface area (Å²) in [7, 11) is 0. The Balaban J connectivity index is 2.56. The molecule has 0 unspecified atom stereocenters. The SMILES string of the molecule is CCc1[nH]c(=S)[nH]c1-c1ccccc1. The third-order valence-electron chi connectivity index (χ3n) is 2.22.